The molecule has 1 nitrogen and oxygen atoms in total. The van der Waals surface area contributed by atoms with Crippen LogP contribution in [0.5, 0.6) is 0 Å². The summed E-state index contributed by atoms with van der Waals surface area (Å²) in [5.74, 6) is 0.855. The van der Waals surface area contributed by atoms with Crippen molar-refractivity contribution < 1.29 is 0 Å². The van der Waals surface area contributed by atoms with Crippen LogP contribution in [0.15, 0.2) is 41.8 Å². The molecule has 1 aromatic heterocycles. The van der Waals surface area contributed by atoms with Gasteiger partial charge in [0.15, 0.2) is 0 Å². The first-order valence-corrected chi connectivity index (χ1v) is 8.68. The quantitative estimate of drug-likeness (QED) is 0.700. The summed E-state index contributed by atoms with van der Waals surface area (Å²) in [4.78, 5) is 1.36. The van der Waals surface area contributed by atoms with Gasteiger partial charge in [-0.05, 0) is 36.3 Å². The Morgan fingerprint density at radius 1 is 0.950 bits per heavy atom. The highest BCUT2D eigenvalue weighted by Crippen LogP contribution is 2.32. The Morgan fingerprint density at radius 3 is 2.50 bits per heavy atom. The monoisotopic (exact) mass is 285 g/mol. The number of thiophene rings is 1. The molecule has 1 aliphatic rings. The van der Waals surface area contributed by atoms with E-state index in [-0.39, 0.29) is 0 Å². The molecule has 0 spiro atoms. The largest absolute Gasteiger partial charge is 0.384 e. The van der Waals surface area contributed by atoms with Crippen molar-refractivity contribution in [1.29, 1.82) is 0 Å². The summed E-state index contributed by atoms with van der Waals surface area (Å²) >= 11 is 1.81. The van der Waals surface area contributed by atoms with Gasteiger partial charge in [0.2, 0.25) is 0 Å². The lowest BCUT2D eigenvalue weighted by molar-refractivity contribution is 0.483. The lowest BCUT2D eigenvalue weighted by Gasteiger charge is -2.17. The van der Waals surface area contributed by atoms with Gasteiger partial charge in [-0.1, -0.05) is 49.9 Å². The molecule has 0 radical (unpaired) electrons. The molecule has 3 rings (SSSR count). The highest BCUT2D eigenvalue weighted by Gasteiger charge is 2.13. The number of benzene rings is 1. The highest BCUT2D eigenvalue weighted by molar-refractivity contribution is 7.13. The summed E-state index contributed by atoms with van der Waals surface area (Å²) in [5, 5.41) is 5.86. The van der Waals surface area contributed by atoms with Crippen molar-refractivity contribution in [2.24, 2.45) is 5.92 Å². The topological polar surface area (TPSA) is 12.0 Å². The smallest absolute Gasteiger partial charge is 0.0428 e. The van der Waals surface area contributed by atoms with Gasteiger partial charge >= 0.3 is 0 Å². The van der Waals surface area contributed by atoms with E-state index in [1.54, 1.807) is 0 Å². The van der Waals surface area contributed by atoms with Gasteiger partial charge < -0.3 is 5.32 Å². The number of hydrogen-bond acceptors (Lipinski definition) is 2. The fourth-order valence-corrected chi connectivity index (χ4v) is 3.87. The second kappa shape index (κ2) is 6.94. The Balaban J connectivity index is 1.68. The van der Waals surface area contributed by atoms with Gasteiger partial charge in [0.25, 0.3) is 0 Å². The molecule has 0 bridgehead atoms. The van der Waals surface area contributed by atoms with Crippen LogP contribution in [-0.2, 0) is 0 Å². The van der Waals surface area contributed by atoms with Crippen molar-refractivity contribution in [3.63, 3.8) is 0 Å². The van der Waals surface area contributed by atoms with Crippen LogP contribution in [0.25, 0.3) is 10.4 Å². The van der Waals surface area contributed by atoms with Crippen molar-refractivity contribution in [1.82, 2.24) is 0 Å². The first kappa shape index (κ1) is 13.7. The average Bonchev–Trinajstić information content (AvgIpc) is 2.89. The molecule has 20 heavy (non-hydrogen) atoms. The number of hydrogen-bond donors (Lipinski definition) is 1. The van der Waals surface area contributed by atoms with E-state index in [1.807, 2.05) is 11.3 Å². The maximum Gasteiger partial charge on any atom is 0.0428 e. The predicted octanol–water partition coefficient (Wildman–Crippen LogP) is 5.80. The van der Waals surface area contributed by atoms with Crippen LogP contribution < -0.4 is 5.32 Å². The molecule has 2 heteroatoms. The zero-order chi connectivity index (χ0) is 13.6. The molecule has 1 N–H and O–H groups in total. The molecule has 106 valence electrons. The van der Waals surface area contributed by atoms with E-state index in [2.05, 4.69) is 47.1 Å². The van der Waals surface area contributed by atoms with Gasteiger partial charge in [0.1, 0.15) is 0 Å². The summed E-state index contributed by atoms with van der Waals surface area (Å²) in [5.41, 5.74) is 2.63. The minimum Gasteiger partial charge on any atom is -0.384 e. The van der Waals surface area contributed by atoms with Crippen LogP contribution in [0.2, 0.25) is 0 Å². The lowest BCUT2D eigenvalue weighted by Crippen LogP contribution is -2.14. The van der Waals surface area contributed by atoms with E-state index in [9.17, 15) is 0 Å². The number of para-hydroxylation sites is 1. The second-order valence-corrected chi connectivity index (χ2v) is 6.71. The fourth-order valence-electron chi connectivity index (χ4n) is 3.11. The molecule has 0 amide bonds. The molecule has 1 heterocycles. The molecule has 1 aromatic carbocycles. The molecular weight excluding hydrogens is 262 g/mol. The standard InChI is InChI=1S/C18H23NS/c1-2-4-9-15(8-3-1)14-19-17-11-6-5-10-16(17)18-12-7-13-20-18/h5-7,10-13,15,19H,1-4,8-9,14H2. The minimum absolute atomic E-state index is 0.855. The van der Waals surface area contributed by atoms with Crippen molar-refractivity contribution in [3.8, 4) is 10.4 Å². The van der Waals surface area contributed by atoms with Crippen molar-refractivity contribution in [2.75, 3.05) is 11.9 Å². The first-order chi connectivity index (χ1) is 9.93. The van der Waals surface area contributed by atoms with E-state index < -0.39 is 0 Å². The van der Waals surface area contributed by atoms with Crippen LogP contribution in [0.1, 0.15) is 38.5 Å². The first-order valence-electron chi connectivity index (χ1n) is 7.80. The van der Waals surface area contributed by atoms with Crippen molar-refractivity contribution >= 4 is 17.0 Å². The normalized spacial score (nSPS) is 16.8. The summed E-state index contributed by atoms with van der Waals surface area (Å²) in [6.45, 7) is 1.13. The van der Waals surface area contributed by atoms with Gasteiger partial charge in [-0.3, -0.25) is 0 Å². The Hall–Kier alpha value is -1.28. The van der Waals surface area contributed by atoms with Gasteiger partial charge in [-0.2, -0.15) is 0 Å². The Kier molecular flexibility index (Phi) is 4.75. The molecule has 0 aliphatic heterocycles. The molecule has 0 saturated heterocycles. The lowest BCUT2D eigenvalue weighted by atomic mass is 10.00. The van der Waals surface area contributed by atoms with Gasteiger partial charge in [0, 0.05) is 22.7 Å². The summed E-state index contributed by atoms with van der Waals surface area (Å²) in [6, 6.07) is 13.0. The van der Waals surface area contributed by atoms with E-state index in [4.69, 9.17) is 0 Å². The molecular formula is C18H23NS. The predicted molar refractivity (Wildman–Crippen MR) is 89.4 cm³/mol. The summed E-state index contributed by atoms with van der Waals surface area (Å²) < 4.78 is 0. The van der Waals surface area contributed by atoms with E-state index in [0.717, 1.165) is 12.5 Å². The molecule has 1 saturated carbocycles. The summed E-state index contributed by atoms with van der Waals surface area (Å²) in [6.07, 6.45) is 8.49. The number of anilines is 1. The number of nitrogens with one attached hydrogen (secondary N) is 1. The maximum absolute atomic E-state index is 3.71. The minimum atomic E-state index is 0.855. The fraction of sp³-hybridized carbons (Fsp3) is 0.444. The maximum atomic E-state index is 3.71. The zero-order valence-electron chi connectivity index (χ0n) is 12.0. The van der Waals surface area contributed by atoms with Crippen molar-refractivity contribution in [2.45, 2.75) is 38.5 Å². The van der Waals surface area contributed by atoms with E-state index in [1.165, 1.54) is 54.7 Å². The summed E-state index contributed by atoms with van der Waals surface area (Å²) in [7, 11) is 0. The van der Waals surface area contributed by atoms with Crippen molar-refractivity contribution in [3.05, 3.63) is 41.8 Å². The second-order valence-electron chi connectivity index (χ2n) is 5.76. The van der Waals surface area contributed by atoms with E-state index in [0.29, 0.717) is 0 Å². The highest BCUT2D eigenvalue weighted by atomic mass is 32.1. The molecule has 0 unspecified atom stereocenters. The van der Waals surface area contributed by atoms with Gasteiger partial charge in [0.05, 0.1) is 0 Å². The van der Waals surface area contributed by atoms with Crippen LogP contribution in [-0.4, -0.2) is 6.54 Å². The molecule has 1 aliphatic carbocycles. The van der Waals surface area contributed by atoms with Crippen LogP contribution >= 0.6 is 11.3 Å². The molecule has 2 aromatic rings. The Bertz CT molecular complexity index is 510. The SMILES string of the molecule is c1csc(-c2ccccc2NCC2CCCCCC2)c1. The van der Waals surface area contributed by atoms with Gasteiger partial charge in [-0.25, -0.2) is 0 Å². The Morgan fingerprint density at radius 2 is 1.75 bits per heavy atom. The van der Waals surface area contributed by atoms with E-state index >= 15 is 0 Å². The molecule has 1 fully saturated rings. The molecule has 0 atom stereocenters. The van der Waals surface area contributed by atoms with Crippen LogP contribution in [0, 0.1) is 5.92 Å². The Labute approximate surface area is 126 Å². The van der Waals surface area contributed by atoms with Gasteiger partial charge in [-0.15, -0.1) is 11.3 Å². The number of rotatable bonds is 4. The van der Waals surface area contributed by atoms with Crippen LogP contribution in [0.4, 0.5) is 5.69 Å². The van der Waals surface area contributed by atoms with Crippen LogP contribution in [0.3, 0.4) is 0 Å². The third-order valence-electron chi connectivity index (χ3n) is 4.27. The third-order valence-corrected chi connectivity index (χ3v) is 5.17. The third kappa shape index (κ3) is 3.43. The zero-order valence-corrected chi connectivity index (χ0v) is 12.8. The average molecular weight is 285 g/mol.